The Morgan fingerprint density at radius 2 is 1.58 bits per heavy atom. The van der Waals surface area contributed by atoms with Crippen molar-refractivity contribution >= 4 is 46.5 Å². The molecule has 1 aliphatic carbocycles. The van der Waals surface area contributed by atoms with Gasteiger partial charge in [0.1, 0.15) is 0 Å². The molecule has 0 aliphatic heterocycles. The van der Waals surface area contributed by atoms with Gasteiger partial charge in [-0.3, -0.25) is 0 Å². The highest BCUT2D eigenvalue weighted by Crippen LogP contribution is 2.49. The second-order valence-corrected chi connectivity index (χ2v) is 9.10. The summed E-state index contributed by atoms with van der Waals surface area (Å²) in [6.45, 7) is 3.51. The summed E-state index contributed by atoms with van der Waals surface area (Å²) in [4.78, 5) is 0. The monoisotopic (exact) mass is 471 g/mol. The fourth-order valence-corrected chi connectivity index (χ4v) is 4.56. The van der Waals surface area contributed by atoms with E-state index in [0.29, 0.717) is 21.6 Å². The third-order valence-corrected chi connectivity index (χ3v) is 6.26. The van der Waals surface area contributed by atoms with Crippen molar-refractivity contribution in [3.8, 4) is 11.1 Å². The molecular formula is C26H24Cl3NO. The molecule has 1 atom stereocenters. The summed E-state index contributed by atoms with van der Waals surface area (Å²) in [6, 6.07) is 17.4. The van der Waals surface area contributed by atoms with Gasteiger partial charge in [0.05, 0.1) is 6.10 Å². The Morgan fingerprint density at radius 1 is 0.871 bits per heavy atom. The van der Waals surface area contributed by atoms with Crippen LogP contribution in [0.15, 0.2) is 54.6 Å². The summed E-state index contributed by atoms with van der Waals surface area (Å²) in [5.74, 6) is 0. The molecule has 4 rings (SSSR count). The fourth-order valence-electron chi connectivity index (χ4n) is 4.04. The number of fused-ring (bicyclic) bond motifs is 3. The molecule has 3 aromatic carbocycles. The first kappa shape index (κ1) is 22.4. The van der Waals surface area contributed by atoms with E-state index in [9.17, 15) is 5.11 Å². The van der Waals surface area contributed by atoms with Gasteiger partial charge in [0, 0.05) is 21.6 Å². The molecule has 31 heavy (non-hydrogen) atoms. The predicted octanol–water partition coefficient (Wildman–Crippen LogP) is 7.64. The van der Waals surface area contributed by atoms with Crippen molar-refractivity contribution in [2.24, 2.45) is 0 Å². The maximum absolute atomic E-state index is 11.0. The molecule has 2 nitrogen and oxygen atoms in total. The Labute approximate surface area is 198 Å². The standard InChI is InChI=1S/C26H24Cl3NO/c1-2-3-10-30-15-25(31)24-14-19(29)13-23-21(11-16-4-6-17(27)7-5-16)22-12-18(28)8-9-20(22)26(23)24/h4-9,11-14,25,30-31H,2-3,10,15H2,1H3/b21-11+. The van der Waals surface area contributed by atoms with Crippen molar-refractivity contribution in [2.45, 2.75) is 25.9 Å². The Morgan fingerprint density at radius 3 is 2.32 bits per heavy atom. The van der Waals surface area contributed by atoms with Crippen molar-refractivity contribution in [1.82, 2.24) is 5.32 Å². The second-order valence-electron chi connectivity index (χ2n) is 7.79. The van der Waals surface area contributed by atoms with E-state index in [2.05, 4.69) is 18.3 Å². The lowest BCUT2D eigenvalue weighted by Gasteiger charge is -2.17. The summed E-state index contributed by atoms with van der Waals surface area (Å²) >= 11 is 18.9. The SMILES string of the molecule is CCCCNCC(O)c1cc(Cl)cc2c1-c1ccc(Cl)cc1/C2=C\c1ccc(Cl)cc1. The van der Waals surface area contributed by atoms with Gasteiger partial charge in [-0.25, -0.2) is 0 Å². The molecule has 0 fully saturated rings. The quantitative estimate of drug-likeness (QED) is 0.271. The zero-order valence-electron chi connectivity index (χ0n) is 17.3. The average molecular weight is 473 g/mol. The largest absolute Gasteiger partial charge is 0.387 e. The third-order valence-electron chi connectivity index (χ3n) is 5.55. The van der Waals surface area contributed by atoms with E-state index in [1.54, 1.807) is 0 Å². The summed E-state index contributed by atoms with van der Waals surface area (Å²) in [7, 11) is 0. The normalized spacial score (nSPS) is 14.5. The number of rotatable bonds is 7. The minimum absolute atomic E-state index is 0.478. The summed E-state index contributed by atoms with van der Waals surface area (Å²) < 4.78 is 0. The van der Waals surface area contributed by atoms with E-state index in [0.717, 1.165) is 58.3 Å². The van der Waals surface area contributed by atoms with Gasteiger partial charge in [-0.2, -0.15) is 0 Å². The molecule has 160 valence electrons. The van der Waals surface area contributed by atoms with Gasteiger partial charge in [-0.15, -0.1) is 0 Å². The lowest BCUT2D eigenvalue weighted by Crippen LogP contribution is -2.22. The lowest BCUT2D eigenvalue weighted by atomic mass is 9.95. The van der Waals surface area contributed by atoms with E-state index in [1.807, 2.05) is 54.6 Å². The van der Waals surface area contributed by atoms with E-state index in [-0.39, 0.29) is 0 Å². The van der Waals surface area contributed by atoms with Crippen molar-refractivity contribution in [2.75, 3.05) is 13.1 Å². The van der Waals surface area contributed by atoms with Gasteiger partial charge >= 0.3 is 0 Å². The number of hydrogen-bond donors (Lipinski definition) is 2. The molecule has 0 saturated carbocycles. The van der Waals surface area contributed by atoms with Crippen LogP contribution in [-0.4, -0.2) is 18.2 Å². The Hall–Kier alpha value is -1.81. The Balaban J connectivity index is 1.83. The molecule has 0 amide bonds. The smallest absolute Gasteiger partial charge is 0.0921 e. The maximum atomic E-state index is 11.0. The first-order valence-corrected chi connectivity index (χ1v) is 11.6. The van der Waals surface area contributed by atoms with Crippen LogP contribution in [0.25, 0.3) is 22.8 Å². The van der Waals surface area contributed by atoms with Crippen LogP contribution in [-0.2, 0) is 0 Å². The van der Waals surface area contributed by atoms with Crippen molar-refractivity contribution < 1.29 is 5.11 Å². The number of benzene rings is 3. The number of halogens is 3. The molecule has 0 saturated heterocycles. The highest BCUT2D eigenvalue weighted by atomic mass is 35.5. The molecule has 3 aromatic rings. The van der Waals surface area contributed by atoms with Gasteiger partial charge < -0.3 is 10.4 Å². The van der Waals surface area contributed by atoms with E-state index in [1.165, 1.54) is 0 Å². The van der Waals surface area contributed by atoms with Crippen LogP contribution in [0.3, 0.4) is 0 Å². The van der Waals surface area contributed by atoms with Crippen molar-refractivity contribution in [3.05, 3.63) is 91.9 Å². The van der Waals surface area contributed by atoms with Crippen LogP contribution in [0.4, 0.5) is 0 Å². The molecule has 1 unspecified atom stereocenters. The minimum atomic E-state index is -0.664. The van der Waals surface area contributed by atoms with E-state index < -0.39 is 6.10 Å². The van der Waals surface area contributed by atoms with Gasteiger partial charge in [0.2, 0.25) is 0 Å². The van der Waals surface area contributed by atoms with Crippen molar-refractivity contribution in [1.29, 1.82) is 0 Å². The molecule has 2 N–H and O–H groups in total. The highest BCUT2D eigenvalue weighted by molar-refractivity contribution is 6.32. The van der Waals surface area contributed by atoms with Crippen LogP contribution in [0.5, 0.6) is 0 Å². The number of unbranched alkanes of at least 4 members (excludes halogenated alkanes) is 1. The minimum Gasteiger partial charge on any atom is -0.387 e. The lowest BCUT2D eigenvalue weighted by molar-refractivity contribution is 0.175. The molecule has 0 spiro atoms. The molecule has 0 bridgehead atoms. The molecule has 0 radical (unpaired) electrons. The fraction of sp³-hybridized carbons (Fsp3) is 0.231. The average Bonchev–Trinajstić information content (AvgIpc) is 3.04. The highest BCUT2D eigenvalue weighted by Gasteiger charge is 2.29. The molecule has 0 aromatic heterocycles. The number of aliphatic hydroxyl groups excluding tert-OH is 1. The van der Waals surface area contributed by atoms with Gasteiger partial charge in [-0.05, 0) is 94.4 Å². The summed E-state index contributed by atoms with van der Waals surface area (Å²) in [5, 5.41) is 16.3. The van der Waals surface area contributed by atoms with Gasteiger partial charge in [-0.1, -0.05) is 66.3 Å². The number of nitrogens with one attached hydrogen (secondary N) is 1. The molecule has 0 heterocycles. The van der Waals surface area contributed by atoms with Crippen LogP contribution in [0.2, 0.25) is 15.1 Å². The van der Waals surface area contributed by atoms with E-state index in [4.69, 9.17) is 34.8 Å². The van der Waals surface area contributed by atoms with Crippen LogP contribution < -0.4 is 5.32 Å². The number of aliphatic hydroxyl groups is 1. The Bertz CT molecular complexity index is 1120. The molecular weight excluding hydrogens is 449 g/mol. The molecule has 1 aliphatic rings. The second kappa shape index (κ2) is 9.77. The first-order valence-electron chi connectivity index (χ1n) is 10.5. The Kier molecular flexibility index (Phi) is 7.05. The van der Waals surface area contributed by atoms with Gasteiger partial charge in [0.25, 0.3) is 0 Å². The summed E-state index contributed by atoms with van der Waals surface area (Å²) in [5.41, 5.74) is 7.00. The summed E-state index contributed by atoms with van der Waals surface area (Å²) in [6.07, 6.45) is 3.64. The van der Waals surface area contributed by atoms with Crippen molar-refractivity contribution in [3.63, 3.8) is 0 Å². The predicted molar refractivity (Wildman–Crippen MR) is 133 cm³/mol. The topological polar surface area (TPSA) is 32.3 Å². The zero-order chi connectivity index (χ0) is 22.0. The van der Waals surface area contributed by atoms with Crippen LogP contribution >= 0.6 is 34.8 Å². The maximum Gasteiger partial charge on any atom is 0.0921 e. The first-order chi connectivity index (χ1) is 15.0. The third kappa shape index (κ3) is 4.84. The zero-order valence-corrected chi connectivity index (χ0v) is 19.5. The van der Waals surface area contributed by atoms with Crippen LogP contribution in [0, 0.1) is 0 Å². The van der Waals surface area contributed by atoms with E-state index >= 15 is 0 Å². The molecule has 5 heteroatoms. The van der Waals surface area contributed by atoms with Gasteiger partial charge in [0.15, 0.2) is 0 Å². The number of hydrogen-bond acceptors (Lipinski definition) is 2. The van der Waals surface area contributed by atoms with Crippen LogP contribution in [0.1, 0.15) is 48.1 Å².